The van der Waals surface area contributed by atoms with Gasteiger partial charge in [-0.3, -0.25) is 4.79 Å². The number of hydrogen-bond acceptors (Lipinski definition) is 2. The number of alkyl halides is 4. The van der Waals surface area contributed by atoms with Crippen molar-refractivity contribution in [2.75, 3.05) is 0 Å². The summed E-state index contributed by atoms with van der Waals surface area (Å²) in [5.41, 5.74) is -3.24. The Morgan fingerprint density at radius 3 is 2.08 bits per heavy atom. The minimum atomic E-state index is -4.73. The van der Waals surface area contributed by atoms with Crippen molar-refractivity contribution in [3.8, 4) is 0 Å². The molecule has 0 rings (SSSR count). The van der Waals surface area contributed by atoms with Gasteiger partial charge in [0.1, 0.15) is 5.60 Å². The van der Waals surface area contributed by atoms with Crippen molar-refractivity contribution in [1.82, 2.24) is 0 Å². The number of rotatable bonds is 4. The van der Waals surface area contributed by atoms with Gasteiger partial charge in [0.15, 0.2) is 0 Å². The lowest BCUT2D eigenvalue weighted by molar-refractivity contribution is -0.238. The van der Waals surface area contributed by atoms with Gasteiger partial charge in [-0.15, -0.1) is 0 Å². The second-order valence-electron chi connectivity index (χ2n) is 2.77. The number of halogens is 4. The Labute approximate surface area is 71.0 Å². The van der Waals surface area contributed by atoms with Crippen LogP contribution in [0.1, 0.15) is 13.3 Å². The second kappa shape index (κ2) is 3.49. The first kappa shape index (κ1) is 12.2. The van der Waals surface area contributed by atoms with Crippen LogP contribution in [0.3, 0.4) is 0 Å². The van der Waals surface area contributed by atoms with Gasteiger partial charge >= 0.3 is 18.3 Å². The first-order valence-electron chi connectivity index (χ1n) is 3.21. The Hall–Kier alpha value is -0.850. The maximum absolute atomic E-state index is 12.4. The molecule has 13 heavy (non-hydrogen) atoms. The molecule has 0 radical (unpaired) electrons. The first-order chi connectivity index (χ1) is 5.61. The fraction of sp³-hybridized carbons (Fsp3) is 0.833. The lowest BCUT2D eigenvalue weighted by Crippen LogP contribution is -2.51. The van der Waals surface area contributed by atoms with Gasteiger partial charge in [-0.25, -0.2) is 8.78 Å². The van der Waals surface area contributed by atoms with Crippen molar-refractivity contribution in [1.29, 1.82) is 0 Å². The van der Waals surface area contributed by atoms with Crippen LogP contribution < -0.4 is 0 Å². The van der Waals surface area contributed by atoms with Crippen LogP contribution in [0.15, 0.2) is 0 Å². The van der Waals surface area contributed by atoms with Crippen LogP contribution in [-0.4, -0.2) is 34.1 Å². The second-order valence-corrected chi connectivity index (χ2v) is 2.77. The fourth-order valence-corrected chi connectivity index (χ4v) is 0.647. The first-order valence-corrected chi connectivity index (χ1v) is 3.21. The van der Waals surface area contributed by atoms with Crippen LogP contribution in [0.4, 0.5) is 17.6 Å². The molecule has 1 unspecified atom stereocenters. The Morgan fingerprint density at radius 2 is 1.85 bits per heavy atom. The lowest BCUT2D eigenvalue weighted by atomic mass is 9.94. The van der Waals surface area contributed by atoms with Gasteiger partial charge in [-0.2, -0.15) is 8.78 Å². The number of aliphatic carboxylic acids is 1. The molecule has 0 aliphatic rings. The molecular formula is C6H8F4O3. The summed E-state index contributed by atoms with van der Waals surface area (Å²) in [4.78, 5) is 9.95. The van der Waals surface area contributed by atoms with Crippen LogP contribution in [0, 0.1) is 0 Å². The molecule has 0 aromatic heterocycles. The summed E-state index contributed by atoms with van der Waals surface area (Å²) in [7, 11) is 0. The Balaban J connectivity index is 4.70. The van der Waals surface area contributed by atoms with Crippen molar-refractivity contribution in [3.63, 3.8) is 0 Å². The van der Waals surface area contributed by atoms with Gasteiger partial charge in [0.2, 0.25) is 0 Å². The van der Waals surface area contributed by atoms with E-state index in [2.05, 4.69) is 0 Å². The van der Waals surface area contributed by atoms with E-state index >= 15 is 0 Å². The predicted molar refractivity (Wildman–Crippen MR) is 33.8 cm³/mol. The summed E-state index contributed by atoms with van der Waals surface area (Å²) in [6, 6.07) is 0. The SMILES string of the molecule is CC(O)(CC(=O)O)C(F)(F)C(F)F. The minimum absolute atomic E-state index is 0.354. The molecule has 2 N–H and O–H groups in total. The molecule has 0 saturated heterocycles. The molecule has 0 heterocycles. The fourth-order valence-electron chi connectivity index (χ4n) is 0.647. The van der Waals surface area contributed by atoms with Crippen molar-refractivity contribution in [3.05, 3.63) is 0 Å². The molecule has 0 aliphatic heterocycles. The van der Waals surface area contributed by atoms with E-state index in [9.17, 15) is 22.4 Å². The smallest absolute Gasteiger partial charge is 0.335 e. The summed E-state index contributed by atoms with van der Waals surface area (Å²) in [5.74, 6) is -6.50. The zero-order chi connectivity index (χ0) is 10.9. The molecule has 0 fully saturated rings. The molecule has 7 heteroatoms. The van der Waals surface area contributed by atoms with E-state index in [1.807, 2.05) is 0 Å². The van der Waals surface area contributed by atoms with Crippen LogP contribution >= 0.6 is 0 Å². The number of carbonyl (C=O) groups is 1. The molecule has 0 aromatic rings. The van der Waals surface area contributed by atoms with E-state index in [4.69, 9.17) is 10.2 Å². The highest BCUT2D eigenvalue weighted by atomic mass is 19.3. The van der Waals surface area contributed by atoms with Crippen LogP contribution in [-0.2, 0) is 4.79 Å². The molecule has 0 aromatic carbocycles. The summed E-state index contributed by atoms with van der Waals surface area (Å²) in [6.45, 7) is 0.354. The Bertz CT molecular complexity index is 202. The average molecular weight is 204 g/mol. The van der Waals surface area contributed by atoms with E-state index in [0.29, 0.717) is 6.92 Å². The van der Waals surface area contributed by atoms with Crippen molar-refractivity contribution in [2.24, 2.45) is 0 Å². The van der Waals surface area contributed by atoms with E-state index < -0.39 is 30.3 Å². The molecular weight excluding hydrogens is 196 g/mol. The summed E-state index contributed by atoms with van der Waals surface area (Å²) < 4.78 is 48.2. The van der Waals surface area contributed by atoms with Crippen LogP contribution in [0.5, 0.6) is 0 Å². The van der Waals surface area contributed by atoms with E-state index in [1.165, 1.54) is 0 Å². The predicted octanol–water partition coefficient (Wildman–Crippen LogP) is 1.11. The van der Waals surface area contributed by atoms with Gasteiger partial charge in [0.05, 0.1) is 6.42 Å². The Kier molecular flexibility index (Phi) is 3.26. The number of hydrogen-bond donors (Lipinski definition) is 2. The third kappa shape index (κ3) is 2.55. The zero-order valence-electron chi connectivity index (χ0n) is 6.60. The highest BCUT2D eigenvalue weighted by molar-refractivity contribution is 5.68. The van der Waals surface area contributed by atoms with Gasteiger partial charge in [-0.05, 0) is 6.92 Å². The molecule has 0 saturated carbocycles. The summed E-state index contributed by atoms with van der Waals surface area (Å²) in [6.07, 6.45) is -5.54. The maximum Gasteiger partial charge on any atom is 0.335 e. The molecule has 0 amide bonds. The highest BCUT2D eigenvalue weighted by Crippen LogP contribution is 2.36. The number of aliphatic hydroxyl groups is 1. The van der Waals surface area contributed by atoms with Gasteiger partial charge in [0.25, 0.3) is 0 Å². The molecule has 0 spiro atoms. The van der Waals surface area contributed by atoms with Gasteiger partial charge in [-0.1, -0.05) is 0 Å². The van der Waals surface area contributed by atoms with Crippen LogP contribution in [0.2, 0.25) is 0 Å². The standard InChI is InChI=1S/C6H8F4O3/c1-5(13,2-3(11)12)6(9,10)4(7)8/h4,13H,2H2,1H3,(H,11,12). The molecule has 3 nitrogen and oxygen atoms in total. The van der Waals surface area contributed by atoms with Crippen molar-refractivity contribution < 1.29 is 32.6 Å². The topological polar surface area (TPSA) is 57.5 Å². The lowest BCUT2D eigenvalue weighted by Gasteiger charge is -2.30. The molecule has 1 atom stereocenters. The molecule has 78 valence electrons. The third-order valence-electron chi connectivity index (χ3n) is 1.49. The molecule has 0 aliphatic carbocycles. The van der Waals surface area contributed by atoms with Gasteiger partial charge < -0.3 is 10.2 Å². The zero-order valence-corrected chi connectivity index (χ0v) is 6.60. The van der Waals surface area contributed by atoms with Gasteiger partial charge in [0, 0.05) is 0 Å². The van der Waals surface area contributed by atoms with Crippen molar-refractivity contribution >= 4 is 5.97 Å². The summed E-state index contributed by atoms with van der Waals surface area (Å²) >= 11 is 0. The third-order valence-corrected chi connectivity index (χ3v) is 1.49. The van der Waals surface area contributed by atoms with Crippen LogP contribution in [0.25, 0.3) is 0 Å². The Morgan fingerprint density at radius 1 is 1.46 bits per heavy atom. The highest BCUT2D eigenvalue weighted by Gasteiger charge is 2.57. The number of carboxylic acid groups (broad SMARTS) is 1. The summed E-state index contributed by atoms with van der Waals surface area (Å²) in [5, 5.41) is 16.8. The normalized spacial score (nSPS) is 17.2. The maximum atomic E-state index is 12.4. The quantitative estimate of drug-likeness (QED) is 0.674. The van der Waals surface area contributed by atoms with E-state index in [-0.39, 0.29) is 0 Å². The molecule has 0 bridgehead atoms. The monoisotopic (exact) mass is 204 g/mol. The van der Waals surface area contributed by atoms with Crippen molar-refractivity contribution in [2.45, 2.75) is 31.3 Å². The number of carboxylic acids is 1. The minimum Gasteiger partial charge on any atom is -0.481 e. The van der Waals surface area contributed by atoms with E-state index in [1.54, 1.807) is 0 Å². The largest absolute Gasteiger partial charge is 0.481 e. The average Bonchev–Trinajstić information content (AvgIpc) is 1.83. The van der Waals surface area contributed by atoms with E-state index in [0.717, 1.165) is 0 Å².